The van der Waals surface area contributed by atoms with E-state index in [1.54, 1.807) is 36.8 Å². The molecule has 0 N–H and O–H groups in total. The molecule has 0 spiro atoms. The van der Waals surface area contributed by atoms with Crippen molar-refractivity contribution in [3.05, 3.63) is 70.3 Å². The summed E-state index contributed by atoms with van der Waals surface area (Å²) in [7, 11) is 1.61. The number of aromatic nitrogens is 2. The molecule has 0 unspecified atom stereocenters. The number of halogens is 1. The van der Waals surface area contributed by atoms with Crippen LogP contribution in [0.15, 0.2) is 58.5 Å². The van der Waals surface area contributed by atoms with Gasteiger partial charge in [-0.25, -0.2) is 9.37 Å². The summed E-state index contributed by atoms with van der Waals surface area (Å²) < 4.78 is 19.8. The molecule has 0 aliphatic carbocycles. The van der Waals surface area contributed by atoms with Gasteiger partial charge < -0.3 is 4.74 Å². The Labute approximate surface area is 166 Å². The van der Waals surface area contributed by atoms with E-state index < -0.39 is 5.25 Å². The Balaban J connectivity index is 1.93. The van der Waals surface area contributed by atoms with Crippen molar-refractivity contribution < 1.29 is 13.9 Å². The zero-order chi connectivity index (χ0) is 20.1. The molecular formula is C21H21FN2O3S. The Bertz CT molecular complexity index is 1030. The fourth-order valence-electron chi connectivity index (χ4n) is 2.86. The van der Waals surface area contributed by atoms with E-state index in [9.17, 15) is 14.0 Å². The van der Waals surface area contributed by atoms with E-state index in [1.807, 2.05) is 6.07 Å². The molecule has 0 aliphatic heterocycles. The number of nitrogens with zero attached hydrogens (tertiary/aromatic N) is 2. The van der Waals surface area contributed by atoms with Crippen LogP contribution in [0.25, 0.3) is 10.9 Å². The van der Waals surface area contributed by atoms with Gasteiger partial charge in [-0.1, -0.05) is 23.9 Å². The van der Waals surface area contributed by atoms with Gasteiger partial charge in [-0.3, -0.25) is 14.2 Å². The Kier molecular flexibility index (Phi) is 6.59. The van der Waals surface area contributed by atoms with Crippen LogP contribution in [-0.4, -0.2) is 34.3 Å². The summed E-state index contributed by atoms with van der Waals surface area (Å²) in [6.07, 6.45) is 0.657. The maximum Gasteiger partial charge on any atom is 0.262 e. The highest BCUT2D eigenvalue weighted by Crippen LogP contribution is 2.25. The topological polar surface area (TPSA) is 61.2 Å². The molecule has 3 rings (SSSR count). The number of hydrogen-bond donors (Lipinski definition) is 0. The first-order chi connectivity index (χ1) is 13.5. The van der Waals surface area contributed by atoms with Crippen LogP contribution in [0.2, 0.25) is 0 Å². The van der Waals surface area contributed by atoms with Gasteiger partial charge in [0, 0.05) is 25.8 Å². The fourth-order valence-corrected chi connectivity index (χ4v) is 3.87. The number of benzene rings is 2. The second-order valence-corrected chi connectivity index (χ2v) is 7.65. The van der Waals surface area contributed by atoms with E-state index >= 15 is 0 Å². The molecule has 0 amide bonds. The third-order valence-electron chi connectivity index (χ3n) is 4.34. The van der Waals surface area contributed by atoms with Crippen molar-refractivity contribution in [3.8, 4) is 0 Å². The number of thioether (sulfide) groups is 1. The molecule has 0 saturated carbocycles. The predicted molar refractivity (Wildman–Crippen MR) is 109 cm³/mol. The molecule has 0 saturated heterocycles. The number of Topliss-reactive ketones (excluding diaryl/α,β-unsaturated/α-hetero) is 1. The van der Waals surface area contributed by atoms with Gasteiger partial charge in [0.2, 0.25) is 0 Å². The summed E-state index contributed by atoms with van der Waals surface area (Å²) in [5, 5.41) is 0.553. The molecule has 1 aromatic heterocycles. The Hall–Kier alpha value is -2.51. The number of hydrogen-bond acceptors (Lipinski definition) is 5. The highest BCUT2D eigenvalue weighted by molar-refractivity contribution is 8.00. The van der Waals surface area contributed by atoms with Gasteiger partial charge in [0.25, 0.3) is 5.56 Å². The third-order valence-corrected chi connectivity index (χ3v) is 5.43. The van der Waals surface area contributed by atoms with Crippen molar-refractivity contribution in [1.82, 2.24) is 9.55 Å². The van der Waals surface area contributed by atoms with E-state index in [0.717, 1.165) is 0 Å². The zero-order valence-corrected chi connectivity index (χ0v) is 16.5. The van der Waals surface area contributed by atoms with Crippen LogP contribution in [0.3, 0.4) is 0 Å². The summed E-state index contributed by atoms with van der Waals surface area (Å²) >= 11 is 1.23. The molecule has 5 nitrogen and oxygen atoms in total. The van der Waals surface area contributed by atoms with Gasteiger partial charge in [0.1, 0.15) is 5.82 Å². The first-order valence-corrected chi connectivity index (χ1v) is 9.84. The third kappa shape index (κ3) is 4.48. The van der Waals surface area contributed by atoms with Gasteiger partial charge in [0.15, 0.2) is 10.9 Å². The Morgan fingerprint density at radius 2 is 1.93 bits per heavy atom. The van der Waals surface area contributed by atoms with Crippen molar-refractivity contribution in [2.45, 2.75) is 30.3 Å². The smallest absolute Gasteiger partial charge is 0.262 e. The number of rotatable bonds is 8. The molecule has 7 heteroatoms. The maximum atomic E-state index is 13.1. The Morgan fingerprint density at radius 3 is 2.64 bits per heavy atom. The molecular weight excluding hydrogens is 379 g/mol. The Morgan fingerprint density at radius 1 is 1.21 bits per heavy atom. The number of para-hydroxylation sites is 1. The number of ether oxygens (including phenoxy) is 1. The maximum absolute atomic E-state index is 13.1. The predicted octanol–water partition coefficient (Wildman–Crippen LogP) is 3.94. The fraction of sp³-hybridized carbons (Fsp3) is 0.286. The molecule has 2 aromatic carbocycles. The zero-order valence-electron chi connectivity index (χ0n) is 15.7. The summed E-state index contributed by atoms with van der Waals surface area (Å²) in [6, 6.07) is 12.6. The number of carbonyl (C=O) groups excluding carboxylic acids is 1. The lowest BCUT2D eigenvalue weighted by molar-refractivity contribution is 0.0993. The molecule has 0 bridgehead atoms. The monoisotopic (exact) mass is 400 g/mol. The molecule has 0 fully saturated rings. The quantitative estimate of drug-likeness (QED) is 0.248. The van der Waals surface area contributed by atoms with Crippen LogP contribution < -0.4 is 5.56 Å². The molecule has 1 atom stereocenters. The van der Waals surface area contributed by atoms with Crippen molar-refractivity contribution in [2.75, 3.05) is 13.7 Å². The number of ketones is 1. The molecule has 0 radical (unpaired) electrons. The van der Waals surface area contributed by atoms with Crippen molar-refractivity contribution in [2.24, 2.45) is 0 Å². The average molecular weight is 400 g/mol. The minimum atomic E-state index is -0.479. The van der Waals surface area contributed by atoms with Crippen molar-refractivity contribution in [1.29, 1.82) is 0 Å². The number of fused-ring (bicyclic) bond motifs is 1. The minimum Gasteiger partial charge on any atom is -0.385 e. The lowest BCUT2D eigenvalue weighted by Gasteiger charge is -2.16. The summed E-state index contributed by atoms with van der Waals surface area (Å²) in [5.74, 6) is -0.532. The van der Waals surface area contributed by atoms with Crippen LogP contribution in [0.4, 0.5) is 4.39 Å². The summed E-state index contributed by atoms with van der Waals surface area (Å²) in [4.78, 5) is 30.3. The molecule has 3 aromatic rings. The van der Waals surface area contributed by atoms with Crippen LogP contribution in [-0.2, 0) is 11.3 Å². The minimum absolute atomic E-state index is 0.134. The highest BCUT2D eigenvalue weighted by Gasteiger charge is 2.20. The van der Waals surface area contributed by atoms with Crippen LogP contribution in [0.1, 0.15) is 23.7 Å². The van der Waals surface area contributed by atoms with Gasteiger partial charge in [-0.2, -0.15) is 0 Å². The second kappa shape index (κ2) is 9.12. The average Bonchev–Trinajstić information content (AvgIpc) is 2.70. The lowest BCUT2D eigenvalue weighted by Crippen LogP contribution is -2.25. The highest BCUT2D eigenvalue weighted by atomic mass is 32.2. The van der Waals surface area contributed by atoms with Crippen LogP contribution in [0, 0.1) is 5.82 Å². The van der Waals surface area contributed by atoms with Crippen LogP contribution in [0.5, 0.6) is 0 Å². The number of methoxy groups -OCH3 is 1. The summed E-state index contributed by atoms with van der Waals surface area (Å²) in [6.45, 7) is 2.73. The van der Waals surface area contributed by atoms with E-state index in [0.29, 0.717) is 41.2 Å². The van der Waals surface area contributed by atoms with E-state index in [-0.39, 0.29) is 17.2 Å². The van der Waals surface area contributed by atoms with Crippen LogP contribution >= 0.6 is 11.8 Å². The van der Waals surface area contributed by atoms with Crippen molar-refractivity contribution >= 4 is 28.4 Å². The van der Waals surface area contributed by atoms with Gasteiger partial charge in [0.05, 0.1) is 16.2 Å². The summed E-state index contributed by atoms with van der Waals surface area (Å²) in [5.41, 5.74) is 0.889. The molecule has 146 valence electrons. The lowest BCUT2D eigenvalue weighted by atomic mass is 10.1. The first-order valence-electron chi connectivity index (χ1n) is 8.96. The largest absolute Gasteiger partial charge is 0.385 e. The van der Waals surface area contributed by atoms with E-state index in [2.05, 4.69) is 4.98 Å². The second-order valence-electron chi connectivity index (χ2n) is 6.35. The van der Waals surface area contributed by atoms with Gasteiger partial charge in [-0.15, -0.1) is 0 Å². The normalized spacial score (nSPS) is 12.2. The van der Waals surface area contributed by atoms with Crippen molar-refractivity contribution in [3.63, 3.8) is 0 Å². The van der Waals surface area contributed by atoms with E-state index in [1.165, 1.54) is 36.0 Å². The first kappa shape index (κ1) is 20.2. The van der Waals surface area contributed by atoms with E-state index in [4.69, 9.17) is 4.74 Å². The number of carbonyl (C=O) groups is 1. The van der Waals surface area contributed by atoms with Gasteiger partial charge >= 0.3 is 0 Å². The molecule has 0 aliphatic rings. The standard InChI is InChI=1S/C21H21FN2O3S/c1-14(19(25)15-8-10-16(22)11-9-15)28-21-23-18-7-4-3-6-17(18)20(26)24(21)12-5-13-27-2/h3-4,6-11,14H,5,12-13H2,1-2H3/t14-/m1/s1. The molecule has 28 heavy (non-hydrogen) atoms. The van der Waals surface area contributed by atoms with Gasteiger partial charge in [-0.05, 0) is 49.7 Å². The molecule has 1 heterocycles. The SMILES string of the molecule is COCCCn1c(S[C@H](C)C(=O)c2ccc(F)cc2)nc2ccccc2c1=O.